The van der Waals surface area contributed by atoms with E-state index in [4.69, 9.17) is 17.3 Å². The average molecular weight is 265 g/mol. The van der Waals surface area contributed by atoms with Gasteiger partial charge in [-0.2, -0.15) is 0 Å². The van der Waals surface area contributed by atoms with Gasteiger partial charge in [0.25, 0.3) is 0 Å². The largest absolute Gasteiger partial charge is 0.330 e. The normalized spacial score (nSPS) is 28.8. The Morgan fingerprint density at radius 2 is 2.11 bits per heavy atom. The summed E-state index contributed by atoms with van der Waals surface area (Å²) in [5.41, 5.74) is 8.46. The molecule has 0 amide bonds. The van der Waals surface area contributed by atoms with Crippen LogP contribution in [0.5, 0.6) is 0 Å². The van der Waals surface area contributed by atoms with Crippen LogP contribution in [-0.4, -0.2) is 24.0 Å². The highest BCUT2D eigenvalue weighted by Gasteiger charge is 2.42. The molecule has 98 valence electrons. The second kappa shape index (κ2) is 4.84. The number of hydrogen-bond donors (Lipinski definition) is 1. The predicted molar refractivity (Wildman–Crippen MR) is 75.8 cm³/mol. The first-order valence-electron chi connectivity index (χ1n) is 6.92. The molecule has 2 unspecified atom stereocenters. The lowest BCUT2D eigenvalue weighted by Crippen LogP contribution is -2.29. The third kappa shape index (κ3) is 2.18. The summed E-state index contributed by atoms with van der Waals surface area (Å²) in [4.78, 5) is 2.65. The van der Waals surface area contributed by atoms with Gasteiger partial charge in [-0.3, -0.25) is 4.90 Å². The summed E-state index contributed by atoms with van der Waals surface area (Å²) in [6, 6.07) is 7.79. The van der Waals surface area contributed by atoms with Crippen LogP contribution in [0.15, 0.2) is 18.2 Å². The van der Waals surface area contributed by atoms with E-state index in [1.807, 2.05) is 0 Å². The number of rotatable bonds is 3. The molecule has 2 nitrogen and oxygen atoms in total. The molecule has 18 heavy (non-hydrogen) atoms. The first kappa shape index (κ1) is 12.5. The van der Waals surface area contributed by atoms with Gasteiger partial charge in [0, 0.05) is 17.1 Å². The van der Waals surface area contributed by atoms with Crippen LogP contribution in [0.25, 0.3) is 0 Å². The topological polar surface area (TPSA) is 29.3 Å². The summed E-state index contributed by atoms with van der Waals surface area (Å²) in [6.45, 7) is 4.03. The number of likely N-dealkylation sites (tertiary alicyclic amines) is 1. The van der Waals surface area contributed by atoms with Crippen molar-refractivity contribution in [1.29, 1.82) is 0 Å². The Morgan fingerprint density at radius 3 is 2.72 bits per heavy atom. The third-order valence-corrected chi connectivity index (χ3v) is 4.83. The van der Waals surface area contributed by atoms with E-state index in [0.29, 0.717) is 12.0 Å². The quantitative estimate of drug-likeness (QED) is 0.909. The van der Waals surface area contributed by atoms with Gasteiger partial charge in [0.15, 0.2) is 0 Å². The second-order valence-corrected chi connectivity index (χ2v) is 6.11. The van der Waals surface area contributed by atoms with Gasteiger partial charge in [-0.1, -0.05) is 23.7 Å². The highest BCUT2D eigenvalue weighted by atomic mass is 35.5. The van der Waals surface area contributed by atoms with Gasteiger partial charge in [0.1, 0.15) is 0 Å². The van der Waals surface area contributed by atoms with Gasteiger partial charge in [-0.15, -0.1) is 0 Å². The summed E-state index contributed by atoms with van der Waals surface area (Å²) in [6.07, 6.45) is 3.93. The predicted octanol–water partition coefficient (Wildman–Crippen LogP) is 3.13. The van der Waals surface area contributed by atoms with Crippen molar-refractivity contribution in [2.45, 2.75) is 38.3 Å². The molecule has 1 saturated carbocycles. The maximum atomic E-state index is 6.28. The lowest BCUT2D eigenvalue weighted by atomic mass is 9.93. The summed E-state index contributed by atoms with van der Waals surface area (Å²) < 4.78 is 0. The Morgan fingerprint density at radius 1 is 1.33 bits per heavy atom. The smallest absolute Gasteiger partial charge is 0.0438 e. The zero-order valence-electron chi connectivity index (χ0n) is 10.9. The van der Waals surface area contributed by atoms with Gasteiger partial charge >= 0.3 is 0 Å². The van der Waals surface area contributed by atoms with Crippen LogP contribution in [0.2, 0.25) is 5.02 Å². The van der Waals surface area contributed by atoms with Gasteiger partial charge in [-0.25, -0.2) is 0 Å². The van der Waals surface area contributed by atoms with Crippen LogP contribution in [0.4, 0.5) is 0 Å². The third-order valence-electron chi connectivity index (χ3n) is 4.42. The Labute approximate surface area is 114 Å². The molecule has 2 aliphatic rings. The van der Waals surface area contributed by atoms with Gasteiger partial charge in [0.05, 0.1) is 0 Å². The minimum atomic E-state index is 0.487. The molecule has 1 aromatic rings. The zero-order chi connectivity index (χ0) is 12.7. The standard InChI is InChI=1S/C15H21ClN2/c1-10-2-3-11(8-14(10)16)15-12(9-17)6-7-18(15)13-4-5-13/h2-3,8,12-13,15H,4-7,9,17H2,1H3. The molecule has 2 N–H and O–H groups in total. The van der Waals surface area contributed by atoms with Crippen LogP contribution in [0, 0.1) is 12.8 Å². The Balaban J connectivity index is 1.92. The average Bonchev–Trinajstić information content (AvgIpc) is 3.12. The number of aryl methyl sites for hydroxylation is 1. The zero-order valence-corrected chi connectivity index (χ0v) is 11.7. The number of benzene rings is 1. The van der Waals surface area contributed by atoms with Crippen molar-refractivity contribution in [2.75, 3.05) is 13.1 Å². The van der Waals surface area contributed by atoms with Crippen molar-refractivity contribution < 1.29 is 0 Å². The van der Waals surface area contributed by atoms with Crippen LogP contribution in [0.1, 0.15) is 36.4 Å². The first-order chi connectivity index (χ1) is 8.70. The first-order valence-corrected chi connectivity index (χ1v) is 7.30. The SMILES string of the molecule is Cc1ccc(C2C(CN)CCN2C2CC2)cc1Cl. The lowest BCUT2D eigenvalue weighted by molar-refractivity contribution is 0.220. The summed E-state index contributed by atoms with van der Waals surface area (Å²) in [5.74, 6) is 0.587. The van der Waals surface area contributed by atoms with Crippen molar-refractivity contribution in [1.82, 2.24) is 4.90 Å². The Kier molecular flexibility index (Phi) is 3.35. The number of nitrogens with zero attached hydrogens (tertiary/aromatic N) is 1. The van der Waals surface area contributed by atoms with Gasteiger partial charge in [-0.05, 0) is 62.4 Å². The van der Waals surface area contributed by atoms with E-state index in [1.54, 1.807) is 0 Å². The van der Waals surface area contributed by atoms with E-state index in [-0.39, 0.29) is 0 Å². The molecule has 3 heteroatoms. The molecular formula is C15H21ClN2. The minimum Gasteiger partial charge on any atom is -0.330 e. The van der Waals surface area contributed by atoms with E-state index in [1.165, 1.54) is 31.4 Å². The highest BCUT2D eigenvalue weighted by molar-refractivity contribution is 6.31. The highest BCUT2D eigenvalue weighted by Crippen LogP contribution is 2.44. The van der Waals surface area contributed by atoms with Crippen LogP contribution < -0.4 is 5.73 Å². The molecule has 2 atom stereocenters. The Hall–Kier alpha value is -0.570. The summed E-state index contributed by atoms with van der Waals surface area (Å²) in [7, 11) is 0. The van der Waals surface area contributed by atoms with Crippen molar-refractivity contribution in [3.05, 3.63) is 34.3 Å². The molecule has 0 spiro atoms. The molecule has 0 bridgehead atoms. The molecule has 0 aromatic heterocycles. The van der Waals surface area contributed by atoms with E-state index < -0.39 is 0 Å². The van der Waals surface area contributed by atoms with Gasteiger partial charge in [0.2, 0.25) is 0 Å². The van der Waals surface area contributed by atoms with Crippen molar-refractivity contribution in [3.63, 3.8) is 0 Å². The van der Waals surface area contributed by atoms with E-state index in [2.05, 4.69) is 30.0 Å². The van der Waals surface area contributed by atoms with Crippen molar-refractivity contribution >= 4 is 11.6 Å². The molecule has 0 radical (unpaired) electrons. The molecule has 1 aliphatic heterocycles. The fraction of sp³-hybridized carbons (Fsp3) is 0.600. The molecule has 2 fully saturated rings. The lowest BCUT2D eigenvalue weighted by Gasteiger charge is -2.28. The maximum absolute atomic E-state index is 6.28. The molecule has 1 aliphatic carbocycles. The summed E-state index contributed by atoms with van der Waals surface area (Å²) in [5, 5.41) is 0.880. The summed E-state index contributed by atoms with van der Waals surface area (Å²) >= 11 is 6.28. The molecule has 1 saturated heterocycles. The molecule has 3 rings (SSSR count). The number of hydrogen-bond acceptors (Lipinski definition) is 2. The molecule has 1 heterocycles. The van der Waals surface area contributed by atoms with Crippen LogP contribution in [-0.2, 0) is 0 Å². The fourth-order valence-electron chi connectivity index (χ4n) is 3.20. The van der Waals surface area contributed by atoms with Crippen molar-refractivity contribution in [3.8, 4) is 0 Å². The fourth-order valence-corrected chi connectivity index (χ4v) is 3.39. The van der Waals surface area contributed by atoms with E-state index >= 15 is 0 Å². The molecular weight excluding hydrogens is 244 g/mol. The monoisotopic (exact) mass is 264 g/mol. The number of halogens is 1. The van der Waals surface area contributed by atoms with Crippen LogP contribution in [0.3, 0.4) is 0 Å². The maximum Gasteiger partial charge on any atom is 0.0438 e. The second-order valence-electron chi connectivity index (χ2n) is 5.71. The van der Waals surface area contributed by atoms with Gasteiger partial charge < -0.3 is 5.73 Å². The minimum absolute atomic E-state index is 0.487. The molecule has 1 aromatic carbocycles. The Bertz CT molecular complexity index is 442. The van der Waals surface area contributed by atoms with E-state index in [0.717, 1.165) is 23.2 Å². The van der Waals surface area contributed by atoms with Crippen LogP contribution >= 0.6 is 11.6 Å². The number of nitrogens with two attached hydrogens (primary N) is 1. The van der Waals surface area contributed by atoms with E-state index in [9.17, 15) is 0 Å². The van der Waals surface area contributed by atoms with Crippen molar-refractivity contribution in [2.24, 2.45) is 11.7 Å².